The van der Waals surface area contributed by atoms with Crippen molar-refractivity contribution in [3.63, 3.8) is 0 Å². The van der Waals surface area contributed by atoms with Gasteiger partial charge in [0.2, 0.25) is 5.76 Å². The van der Waals surface area contributed by atoms with Crippen molar-refractivity contribution < 1.29 is 28.7 Å². The van der Waals surface area contributed by atoms with Crippen molar-refractivity contribution in [2.75, 3.05) is 14.2 Å². The quantitative estimate of drug-likeness (QED) is 0.387. The molecule has 0 unspecified atom stereocenters. The van der Waals surface area contributed by atoms with E-state index in [1.807, 2.05) is 0 Å². The van der Waals surface area contributed by atoms with E-state index in [0.717, 1.165) is 12.2 Å². The molecule has 0 aliphatic rings. The highest BCUT2D eigenvalue weighted by Crippen LogP contribution is 2.12. The maximum atomic E-state index is 13.2. The number of ether oxygens (including phenoxy) is 1. The molecule has 0 saturated heterocycles. The van der Waals surface area contributed by atoms with Crippen LogP contribution < -0.4 is 0 Å². The van der Waals surface area contributed by atoms with Crippen LogP contribution in [-0.2, 0) is 25.7 Å². The smallest absolute Gasteiger partial charge is 0.373 e. The summed E-state index contributed by atoms with van der Waals surface area (Å²) >= 11 is 0. The van der Waals surface area contributed by atoms with Gasteiger partial charge in [-0.05, 0) is 24.1 Å². The second-order valence-corrected chi connectivity index (χ2v) is 4.16. The molecule has 1 aromatic rings. The summed E-state index contributed by atoms with van der Waals surface area (Å²) in [4.78, 5) is 27.7. The molecule has 0 aliphatic carbocycles. The summed E-state index contributed by atoms with van der Waals surface area (Å²) in [6.07, 6.45) is 0.686. The lowest BCUT2D eigenvalue weighted by Gasteiger charge is -2.18. The Balaban J connectivity index is 2.85. The molecule has 6 nitrogen and oxygen atoms in total. The lowest BCUT2D eigenvalue weighted by molar-refractivity contribution is -0.173. The van der Waals surface area contributed by atoms with E-state index in [1.165, 1.54) is 19.2 Å². The van der Waals surface area contributed by atoms with Gasteiger partial charge in [-0.1, -0.05) is 12.1 Å². The maximum absolute atomic E-state index is 13.2. The number of rotatable bonds is 5. The topological polar surface area (TPSA) is 76.1 Å². The van der Waals surface area contributed by atoms with Crippen LogP contribution >= 0.6 is 0 Å². The molecule has 0 radical (unpaired) electrons. The van der Waals surface area contributed by atoms with Gasteiger partial charge in [-0.2, -0.15) is 0 Å². The highest BCUT2D eigenvalue weighted by molar-refractivity contribution is 5.96. The van der Waals surface area contributed by atoms with Crippen molar-refractivity contribution in [2.45, 2.75) is 13.5 Å². The van der Waals surface area contributed by atoms with E-state index in [-0.39, 0.29) is 12.4 Å². The predicted octanol–water partition coefficient (Wildman–Crippen LogP) is 1.64. The Bertz CT molecular complexity index is 570. The van der Waals surface area contributed by atoms with E-state index in [4.69, 9.17) is 4.84 Å². The largest absolute Gasteiger partial charge is 0.502 e. The molecule has 1 amide bonds. The van der Waals surface area contributed by atoms with Gasteiger partial charge in [0, 0.05) is 0 Å². The molecule has 7 heteroatoms. The first-order chi connectivity index (χ1) is 9.88. The SMILES string of the molecule is COC(=O)/C(O)=C/C(=O)N(Cc1ccc(F)c(C)c1)OC. The summed E-state index contributed by atoms with van der Waals surface area (Å²) in [6.45, 7) is 1.63. The zero-order valence-electron chi connectivity index (χ0n) is 11.9. The molecule has 0 bridgehead atoms. The molecule has 1 rings (SSSR count). The second-order valence-electron chi connectivity index (χ2n) is 4.16. The fraction of sp³-hybridized carbons (Fsp3) is 0.286. The molecule has 114 valence electrons. The third-order valence-corrected chi connectivity index (χ3v) is 2.67. The number of aryl methyl sites for hydroxylation is 1. The first-order valence-electron chi connectivity index (χ1n) is 5.98. The first-order valence-corrected chi connectivity index (χ1v) is 5.98. The molecule has 0 saturated carbocycles. The fourth-order valence-electron chi connectivity index (χ4n) is 1.56. The number of halogens is 1. The Morgan fingerprint density at radius 3 is 2.57 bits per heavy atom. The minimum Gasteiger partial charge on any atom is -0.502 e. The molecule has 1 aromatic carbocycles. The zero-order valence-corrected chi connectivity index (χ0v) is 11.9. The van der Waals surface area contributed by atoms with Crippen LogP contribution in [0.15, 0.2) is 30.0 Å². The number of carbonyl (C=O) groups is 2. The van der Waals surface area contributed by atoms with Gasteiger partial charge < -0.3 is 9.84 Å². The van der Waals surface area contributed by atoms with Crippen LogP contribution in [0.1, 0.15) is 11.1 Å². The fourth-order valence-corrected chi connectivity index (χ4v) is 1.56. The minimum absolute atomic E-state index is 0.0292. The lowest BCUT2D eigenvalue weighted by Crippen LogP contribution is -2.28. The molecule has 0 aromatic heterocycles. The maximum Gasteiger partial charge on any atom is 0.373 e. The van der Waals surface area contributed by atoms with Crippen LogP contribution in [0.4, 0.5) is 4.39 Å². The monoisotopic (exact) mass is 297 g/mol. The van der Waals surface area contributed by atoms with Crippen molar-refractivity contribution >= 4 is 11.9 Å². The Morgan fingerprint density at radius 2 is 2.05 bits per heavy atom. The van der Waals surface area contributed by atoms with Crippen molar-refractivity contribution in [3.05, 3.63) is 47.0 Å². The summed E-state index contributed by atoms with van der Waals surface area (Å²) < 4.78 is 17.4. The Morgan fingerprint density at radius 1 is 1.38 bits per heavy atom. The average molecular weight is 297 g/mol. The number of esters is 1. The number of aliphatic hydroxyl groups is 1. The molecular weight excluding hydrogens is 281 g/mol. The Labute approximate surface area is 121 Å². The number of amides is 1. The minimum atomic E-state index is -1.03. The molecule has 0 atom stereocenters. The molecule has 0 fully saturated rings. The van der Waals surface area contributed by atoms with Crippen molar-refractivity contribution in [1.29, 1.82) is 0 Å². The number of methoxy groups -OCH3 is 1. The Hall–Kier alpha value is -2.41. The van der Waals surface area contributed by atoms with Gasteiger partial charge >= 0.3 is 5.97 Å². The summed E-state index contributed by atoms with van der Waals surface area (Å²) in [5, 5.41) is 10.2. The third kappa shape index (κ3) is 4.57. The van der Waals surface area contributed by atoms with Crippen LogP contribution in [0.5, 0.6) is 0 Å². The molecular formula is C14H16FNO5. The summed E-state index contributed by atoms with van der Waals surface area (Å²) in [5.41, 5.74) is 1.07. The number of hydrogen-bond acceptors (Lipinski definition) is 5. The van der Waals surface area contributed by atoms with E-state index < -0.39 is 17.6 Å². The van der Waals surface area contributed by atoms with Crippen molar-refractivity contribution in [2.24, 2.45) is 0 Å². The zero-order chi connectivity index (χ0) is 16.0. The van der Waals surface area contributed by atoms with Gasteiger partial charge in [0.1, 0.15) is 5.82 Å². The molecule has 1 N–H and O–H groups in total. The normalized spacial score (nSPS) is 11.1. The standard InChI is InChI=1S/C14H16FNO5/c1-9-6-10(4-5-11(9)15)8-16(21-3)13(18)7-12(17)14(19)20-2/h4-7,17H,8H2,1-3H3/b12-7-. The summed E-state index contributed by atoms with van der Waals surface area (Å²) in [5.74, 6) is -2.96. The van der Waals surface area contributed by atoms with Gasteiger partial charge in [0.15, 0.2) is 0 Å². The molecule has 21 heavy (non-hydrogen) atoms. The van der Waals surface area contributed by atoms with Crippen LogP contribution in [0.2, 0.25) is 0 Å². The van der Waals surface area contributed by atoms with E-state index in [1.54, 1.807) is 13.0 Å². The summed E-state index contributed by atoms with van der Waals surface area (Å²) in [6, 6.07) is 4.36. The molecule has 0 heterocycles. The van der Waals surface area contributed by atoms with Crippen LogP contribution in [0.25, 0.3) is 0 Å². The lowest BCUT2D eigenvalue weighted by atomic mass is 10.1. The van der Waals surface area contributed by atoms with Crippen LogP contribution in [0.3, 0.4) is 0 Å². The molecule has 0 spiro atoms. The van der Waals surface area contributed by atoms with E-state index in [9.17, 15) is 19.1 Å². The van der Waals surface area contributed by atoms with Crippen molar-refractivity contribution in [1.82, 2.24) is 5.06 Å². The highest BCUT2D eigenvalue weighted by Gasteiger charge is 2.16. The second kappa shape index (κ2) is 7.39. The average Bonchev–Trinajstić information content (AvgIpc) is 2.47. The third-order valence-electron chi connectivity index (χ3n) is 2.67. The molecule has 0 aliphatic heterocycles. The van der Waals surface area contributed by atoms with Crippen molar-refractivity contribution in [3.8, 4) is 0 Å². The number of nitrogens with zero attached hydrogens (tertiary/aromatic N) is 1. The first kappa shape index (κ1) is 16.6. The highest BCUT2D eigenvalue weighted by atomic mass is 19.1. The number of benzene rings is 1. The van der Waals surface area contributed by atoms with Gasteiger partial charge in [0.05, 0.1) is 26.8 Å². The van der Waals surface area contributed by atoms with Gasteiger partial charge in [-0.15, -0.1) is 0 Å². The number of hydroxylamine groups is 2. The van der Waals surface area contributed by atoms with Crippen LogP contribution in [0, 0.1) is 12.7 Å². The Kier molecular flexibility index (Phi) is 5.86. The van der Waals surface area contributed by atoms with Crippen LogP contribution in [-0.4, -0.2) is 36.3 Å². The number of hydrogen-bond donors (Lipinski definition) is 1. The van der Waals surface area contributed by atoms with E-state index in [0.29, 0.717) is 17.2 Å². The number of aliphatic hydroxyl groups excluding tert-OH is 1. The number of carbonyl (C=O) groups excluding carboxylic acids is 2. The summed E-state index contributed by atoms with van der Waals surface area (Å²) in [7, 11) is 2.34. The van der Waals surface area contributed by atoms with E-state index in [2.05, 4.69) is 4.74 Å². The predicted molar refractivity (Wildman–Crippen MR) is 71.4 cm³/mol. The van der Waals surface area contributed by atoms with E-state index >= 15 is 0 Å². The van der Waals surface area contributed by atoms with Gasteiger partial charge in [0.25, 0.3) is 5.91 Å². The van der Waals surface area contributed by atoms with Gasteiger partial charge in [-0.25, -0.2) is 14.2 Å². The van der Waals surface area contributed by atoms with Gasteiger partial charge in [-0.3, -0.25) is 9.63 Å².